The first-order valence-corrected chi connectivity index (χ1v) is 9.67. The van der Waals surface area contributed by atoms with Crippen molar-refractivity contribution in [2.75, 3.05) is 39.8 Å². The lowest BCUT2D eigenvalue weighted by atomic mass is 10.1. The summed E-state index contributed by atoms with van der Waals surface area (Å²) in [6, 6.07) is 15.9. The molecule has 0 saturated carbocycles. The third kappa shape index (κ3) is 3.31. The van der Waals surface area contributed by atoms with Crippen LogP contribution in [0, 0.1) is 0 Å². The molecule has 4 rings (SSSR count). The van der Waals surface area contributed by atoms with Gasteiger partial charge in [0.15, 0.2) is 0 Å². The van der Waals surface area contributed by atoms with Crippen molar-refractivity contribution in [3.05, 3.63) is 48.0 Å². The molecule has 3 heteroatoms. The zero-order valence-electron chi connectivity index (χ0n) is 15.5. The molecular formula is C22H29N3. The van der Waals surface area contributed by atoms with Crippen LogP contribution in [0.5, 0.6) is 0 Å². The number of hydrogen-bond acceptors (Lipinski definition) is 2. The fourth-order valence-corrected chi connectivity index (χ4v) is 4.18. The highest BCUT2D eigenvalue weighted by Gasteiger charge is 2.13. The molecule has 0 atom stereocenters. The third-order valence-corrected chi connectivity index (χ3v) is 5.69. The van der Waals surface area contributed by atoms with Crippen molar-refractivity contribution in [3.63, 3.8) is 0 Å². The quantitative estimate of drug-likeness (QED) is 0.698. The van der Waals surface area contributed by atoms with Crippen LogP contribution in [0.1, 0.15) is 18.9 Å². The number of rotatable bonds is 5. The van der Waals surface area contributed by atoms with E-state index in [1.807, 2.05) is 0 Å². The number of nitrogens with zero attached hydrogens (tertiary/aromatic N) is 3. The summed E-state index contributed by atoms with van der Waals surface area (Å²) >= 11 is 0. The zero-order valence-corrected chi connectivity index (χ0v) is 15.5. The molecule has 0 unspecified atom stereocenters. The second kappa shape index (κ2) is 7.19. The molecule has 0 aliphatic carbocycles. The van der Waals surface area contributed by atoms with Crippen molar-refractivity contribution in [3.8, 4) is 0 Å². The zero-order chi connectivity index (χ0) is 17.2. The highest BCUT2D eigenvalue weighted by molar-refractivity contribution is 6.08. The molecule has 0 amide bonds. The third-order valence-electron chi connectivity index (χ3n) is 5.69. The average Bonchev–Trinajstić information content (AvgIpc) is 2.96. The largest absolute Gasteiger partial charge is 0.341 e. The summed E-state index contributed by atoms with van der Waals surface area (Å²) in [4.78, 5) is 5.04. The standard InChI is InChI=1S/C22H29N3/c1-3-25-21-9-5-4-8-19(21)20-17-18(10-11-22(20)25)7-6-12-24-15-13-23(2)14-16-24/h4-5,8-11,17H,3,6-7,12-16H2,1-2H3. The lowest BCUT2D eigenvalue weighted by Gasteiger charge is -2.32. The van der Waals surface area contributed by atoms with E-state index in [9.17, 15) is 0 Å². The van der Waals surface area contributed by atoms with Gasteiger partial charge in [-0.1, -0.05) is 24.3 Å². The Balaban J connectivity index is 1.50. The van der Waals surface area contributed by atoms with Gasteiger partial charge in [-0.2, -0.15) is 0 Å². The van der Waals surface area contributed by atoms with E-state index in [0.717, 1.165) is 6.54 Å². The van der Waals surface area contributed by atoms with Crippen molar-refractivity contribution in [2.45, 2.75) is 26.3 Å². The van der Waals surface area contributed by atoms with E-state index in [0.29, 0.717) is 0 Å². The summed E-state index contributed by atoms with van der Waals surface area (Å²) in [5.41, 5.74) is 4.20. The lowest BCUT2D eigenvalue weighted by Crippen LogP contribution is -2.44. The Morgan fingerprint density at radius 2 is 1.64 bits per heavy atom. The highest BCUT2D eigenvalue weighted by Crippen LogP contribution is 2.29. The molecule has 1 aliphatic heterocycles. The van der Waals surface area contributed by atoms with E-state index < -0.39 is 0 Å². The van der Waals surface area contributed by atoms with E-state index in [1.54, 1.807) is 0 Å². The van der Waals surface area contributed by atoms with Gasteiger partial charge < -0.3 is 14.4 Å². The molecule has 0 bridgehead atoms. The molecule has 3 nitrogen and oxygen atoms in total. The maximum absolute atomic E-state index is 2.61. The smallest absolute Gasteiger partial charge is 0.0491 e. The monoisotopic (exact) mass is 335 g/mol. The number of hydrogen-bond donors (Lipinski definition) is 0. The number of likely N-dealkylation sites (N-methyl/N-ethyl adjacent to an activating group) is 1. The van der Waals surface area contributed by atoms with Gasteiger partial charge in [0.25, 0.3) is 0 Å². The van der Waals surface area contributed by atoms with Gasteiger partial charge in [-0.3, -0.25) is 0 Å². The van der Waals surface area contributed by atoms with Gasteiger partial charge in [0.2, 0.25) is 0 Å². The Labute approximate surface area is 150 Å². The Morgan fingerprint density at radius 3 is 2.44 bits per heavy atom. The van der Waals surface area contributed by atoms with Gasteiger partial charge >= 0.3 is 0 Å². The summed E-state index contributed by atoms with van der Waals surface area (Å²) in [5.74, 6) is 0. The SMILES string of the molecule is CCn1c2ccccc2c2cc(CCCN3CCN(C)CC3)ccc21. The summed E-state index contributed by atoms with van der Waals surface area (Å²) in [6.07, 6.45) is 2.43. The Bertz CT molecular complexity index is 856. The lowest BCUT2D eigenvalue weighted by molar-refractivity contribution is 0.153. The van der Waals surface area contributed by atoms with Crippen LogP contribution in [0.4, 0.5) is 0 Å². The fraction of sp³-hybridized carbons (Fsp3) is 0.455. The molecule has 3 aromatic rings. The molecule has 1 aromatic heterocycles. The van der Waals surface area contributed by atoms with Gasteiger partial charge in [0.1, 0.15) is 0 Å². The van der Waals surface area contributed by atoms with Crippen LogP contribution in [0.15, 0.2) is 42.5 Å². The van der Waals surface area contributed by atoms with Crippen LogP contribution in [-0.2, 0) is 13.0 Å². The molecule has 1 saturated heterocycles. The average molecular weight is 335 g/mol. The van der Waals surface area contributed by atoms with Crippen molar-refractivity contribution in [1.29, 1.82) is 0 Å². The van der Waals surface area contributed by atoms with E-state index in [1.165, 1.54) is 72.9 Å². The minimum absolute atomic E-state index is 1.02. The van der Waals surface area contributed by atoms with Crippen molar-refractivity contribution >= 4 is 21.8 Å². The predicted molar refractivity (Wildman–Crippen MR) is 107 cm³/mol. The Kier molecular flexibility index (Phi) is 4.78. The van der Waals surface area contributed by atoms with Crippen molar-refractivity contribution in [1.82, 2.24) is 14.4 Å². The summed E-state index contributed by atoms with van der Waals surface area (Å²) < 4.78 is 2.43. The molecule has 0 N–H and O–H groups in total. The molecule has 132 valence electrons. The van der Waals surface area contributed by atoms with Crippen molar-refractivity contribution in [2.24, 2.45) is 0 Å². The van der Waals surface area contributed by atoms with E-state index >= 15 is 0 Å². The van der Waals surface area contributed by atoms with Gasteiger partial charge in [-0.15, -0.1) is 0 Å². The first-order valence-electron chi connectivity index (χ1n) is 9.67. The van der Waals surface area contributed by atoms with Crippen LogP contribution in [0.25, 0.3) is 21.8 Å². The molecule has 0 spiro atoms. The normalized spacial score (nSPS) is 16.9. The van der Waals surface area contributed by atoms with E-state index in [-0.39, 0.29) is 0 Å². The molecule has 2 aromatic carbocycles. The minimum atomic E-state index is 1.02. The van der Waals surface area contributed by atoms with E-state index in [4.69, 9.17) is 0 Å². The molecule has 1 fully saturated rings. The number of benzene rings is 2. The maximum atomic E-state index is 2.61. The van der Waals surface area contributed by atoms with E-state index in [2.05, 4.69) is 70.8 Å². The van der Waals surface area contributed by atoms with Gasteiger partial charge in [-0.05, 0) is 57.1 Å². The second-order valence-electron chi connectivity index (χ2n) is 7.36. The van der Waals surface area contributed by atoms with Crippen LogP contribution in [0.3, 0.4) is 0 Å². The van der Waals surface area contributed by atoms with Crippen LogP contribution in [-0.4, -0.2) is 54.1 Å². The van der Waals surface area contributed by atoms with Gasteiger partial charge in [-0.25, -0.2) is 0 Å². The molecule has 25 heavy (non-hydrogen) atoms. The van der Waals surface area contributed by atoms with Crippen LogP contribution in [0.2, 0.25) is 0 Å². The van der Waals surface area contributed by atoms with Gasteiger partial charge in [0.05, 0.1) is 0 Å². The summed E-state index contributed by atoms with van der Waals surface area (Å²) in [5, 5.41) is 2.80. The van der Waals surface area contributed by atoms with Gasteiger partial charge in [0, 0.05) is 54.5 Å². The number of para-hydroxylation sites is 1. The number of aryl methyl sites for hydroxylation is 2. The number of piperazine rings is 1. The molecule has 0 radical (unpaired) electrons. The second-order valence-corrected chi connectivity index (χ2v) is 7.36. The molecular weight excluding hydrogens is 306 g/mol. The fourth-order valence-electron chi connectivity index (χ4n) is 4.18. The summed E-state index contributed by atoms with van der Waals surface area (Å²) in [6.45, 7) is 9.34. The molecule has 1 aliphatic rings. The van der Waals surface area contributed by atoms with Crippen LogP contribution >= 0.6 is 0 Å². The summed E-state index contributed by atoms with van der Waals surface area (Å²) in [7, 11) is 2.22. The first kappa shape index (κ1) is 16.6. The first-order chi connectivity index (χ1) is 12.3. The Hall–Kier alpha value is -1.84. The minimum Gasteiger partial charge on any atom is -0.341 e. The highest BCUT2D eigenvalue weighted by atomic mass is 15.2. The maximum Gasteiger partial charge on any atom is 0.0491 e. The predicted octanol–water partition coefficient (Wildman–Crippen LogP) is 3.99. The van der Waals surface area contributed by atoms with Crippen LogP contribution < -0.4 is 0 Å². The number of fused-ring (bicyclic) bond motifs is 3. The van der Waals surface area contributed by atoms with Crippen molar-refractivity contribution < 1.29 is 0 Å². The topological polar surface area (TPSA) is 11.4 Å². The Morgan fingerprint density at radius 1 is 0.880 bits per heavy atom. The molecule has 2 heterocycles. The number of aromatic nitrogens is 1.